The van der Waals surface area contributed by atoms with Gasteiger partial charge in [-0.25, -0.2) is 4.79 Å². The number of carbonyl (C=O) groups excluding carboxylic acids is 2. The fourth-order valence-electron chi connectivity index (χ4n) is 2.46. The number of amides is 1. The summed E-state index contributed by atoms with van der Waals surface area (Å²) in [6.07, 6.45) is 0. The van der Waals surface area contributed by atoms with Crippen molar-refractivity contribution in [2.75, 3.05) is 12.0 Å². The average Bonchev–Trinajstić information content (AvgIpc) is 3.11. The van der Waals surface area contributed by atoms with Crippen LogP contribution in [0.25, 0.3) is 0 Å². The molecule has 1 atom stereocenters. The van der Waals surface area contributed by atoms with Crippen molar-refractivity contribution in [2.24, 2.45) is 5.18 Å². The lowest BCUT2D eigenvalue weighted by Crippen LogP contribution is -2.27. The van der Waals surface area contributed by atoms with Crippen LogP contribution < -0.4 is 4.90 Å². The first-order chi connectivity index (χ1) is 10.7. The summed E-state index contributed by atoms with van der Waals surface area (Å²) >= 11 is 0. The quantitative estimate of drug-likeness (QED) is 0.639. The number of carbonyl (C=O) groups is 2. The fourth-order valence-corrected chi connectivity index (χ4v) is 2.46. The smallest absolute Gasteiger partial charge is 0.373 e. The van der Waals surface area contributed by atoms with E-state index in [1.54, 1.807) is 30.3 Å². The molecule has 7 heteroatoms. The number of anilines is 1. The fraction of sp³-hybridized carbons (Fsp3) is 0.200. The summed E-state index contributed by atoms with van der Waals surface area (Å²) in [6, 6.07) is 8.98. The number of ether oxygens (including phenoxy) is 1. The molecule has 0 N–H and O–H groups in total. The zero-order valence-electron chi connectivity index (χ0n) is 11.7. The van der Waals surface area contributed by atoms with Crippen LogP contribution in [0.3, 0.4) is 0 Å². The molecule has 2 aromatic rings. The lowest BCUT2D eigenvalue weighted by molar-refractivity contribution is -0.119. The minimum absolute atomic E-state index is 0.0579. The number of para-hydroxylation sites is 1. The average molecular weight is 300 g/mol. The third-order valence-corrected chi connectivity index (χ3v) is 3.49. The number of furan rings is 1. The Morgan fingerprint density at radius 1 is 1.32 bits per heavy atom. The van der Waals surface area contributed by atoms with Crippen LogP contribution in [0.15, 0.2) is 46.0 Å². The number of hydrogen-bond acceptors (Lipinski definition) is 6. The van der Waals surface area contributed by atoms with E-state index in [1.165, 1.54) is 18.1 Å². The van der Waals surface area contributed by atoms with Gasteiger partial charge in [-0.05, 0) is 18.2 Å². The molecule has 1 unspecified atom stereocenters. The van der Waals surface area contributed by atoms with Gasteiger partial charge in [-0.15, -0.1) is 4.91 Å². The van der Waals surface area contributed by atoms with Gasteiger partial charge in [0.15, 0.2) is 6.04 Å². The Hall–Kier alpha value is -2.96. The second-order valence-corrected chi connectivity index (χ2v) is 4.75. The molecule has 0 fully saturated rings. The highest BCUT2D eigenvalue weighted by Gasteiger charge is 2.38. The lowest BCUT2D eigenvalue weighted by Gasteiger charge is -2.15. The third-order valence-electron chi connectivity index (χ3n) is 3.49. The van der Waals surface area contributed by atoms with Gasteiger partial charge in [-0.1, -0.05) is 23.4 Å². The number of methoxy groups -OCH3 is 1. The molecule has 7 nitrogen and oxygen atoms in total. The predicted molar refractivity (Wildman–Crippen MR) is 76.2 cm³/mol. The van der Waals surface area contributed by atoms with E-state index in [4.69, 9.17) is 4.42 Å². The Kier molecular flexibility index (Phi) is 3.46. The molecule has 0 saturated carbocycles. The van der Waals surface area contributed by atoms with Gasteiger partial charge in [-0.2, -0.15) is 0 Å². The first kappa shape index (κ1) is 14.0. The van der Waals surface area contributed by atoms with E-state index in [9.17, 15) is 14.5 Å². The second-order valence-electron chi connectivity index (χ2n) is 4.75. The molecular weight excluding hydrogens is 288 g/mol. The molecule has 1 aliphatic heterocycles. The number of nitrogens with zero attached hydrogens (tertiary/aromatic N) is 2. The summed E-state index contributed by atoms with van der Waals surface area (Å²) in [7, 11) is 1.26. The van der Waals surface area contributed by atoms with Crippen molar-refractivity contribution in [3.8, 4) is 0 Å². The van der Waals surface area contributed by atoms with Crippen molar-refractivity contribution in [3.63, 3.8) is 0 Å². The van der Waals surface area contributed by atoms with E-state index in [0.717, 1.165) is 0 Å². The summed E-state index contributed by atoms with van der Waals surface area (Å²) in [4.78, 5) is 36.0. The topological polar surface area (TPSA) is 89.2 Å². The van der Waals surface area contributed by atoms with Crippen molar-refractivity contribution in [3.05, 3.63) is 58.4 Å². The summed E-state index contributed by atoms with van der Waals surface area (Å²) < 4.78 is 9.92. The number of hydrogen-bond donors (Lipinski definition) is 0. The maximum atomic E-state index is 12.3. The van der Waals surface area contributed by atoms with Crippen molar-refractivity contribution < 1.29 is 18.7 Å². The Bertz CT molecular complexity index is 752. The van der Waals surface area contributed by atoms with Gasteiger partial charge in [0.1, 0.15) is 5.76 Å². The third kappa shape index (κ3) is 2.16. The molecule has 0 saturated heterocycles. The highest BCUT2D eigenvalue weighted by atomic mass is 16.5. The first-order valence-electron chi connectivity index (χ1n) is 6.55. The molecule has 2 heterocycles. The van der Waals surface area contributed by atoms with E-state index < -0.39 is 17.9 Å². The number of rotatable bonds is 4. The molecule has 22 heavy (non-hydrogen) atoms. The minimum Gasteiger partial charge on any atom is -0.463 e. The van der Waals surface area contributed by atoms with Crippen LogP contribution in [0, 0.1) is 4.91 Å². The van der Waals surface area contributed by atoms with Crippen LogP contribution in [0.1, 0.15) is 27.9 Å². The summed E-state index contributed by atoms with van der Waals surface area (Å²) in [5, 5.41) is 2.90. The van der Waals surface area contributed by atoms with E-state index in [2.05, 4.69) is 9.91 Å². The predicted octanol–water partition coefficient (Wildman–Crippen LogP) is 2.42. The lowest BCUT2D eigenvalue weighted by atomic mass is 10.1. The highest BCUT2D eigenvalue weighted by Crippen LogP contribution is 2.38. The summed E-state index contributed by atoms with van der Waals surface area (Å²) in [5.74, 6) is -0.531. The van der Waals surface area contributed by atoms with Gasteiger partial charge in [0, 0.05) is 5.56 Å². The number of esters is 1. The molecule has 0 spiro atoms. The van der Waals surface area contributed by atoms with E-state index in [-0.39, 0.29) is 12.3 Å². The van der Waals surface area contributed by atoms with Crippen LogP contribution in [0.5, 0.6) is 0 Å². The van der Waals surface area contributed by atoms with Gasteiger partial charge in [-0.3, -0.25) is 4.79 Å². The Balaban J connectivity index is 1.89. The van der Waals surface area contributed by atoms with Gasteiger partial charge < -0.3 is 14.1 Å². The van der Waals surface area contributed by atoms with Crippen molar-refractivity contribution >= 4 is 17.6 Å². The largest absolute Gasteiger partial charge is 0.463 e. The molecule has 3 rings (SSSR count). The van der Waals surface area contributed by atoms with E-state index >= 15 is 0 Å². The van der Waals surface area contributed by atoms with Gasteiger partial charge in [0.2, 0.25) is 5.76 Å². The maximum Gasteiger partial charge on any atom is 0.373 e. The second kappa shape index (κ2) is 5.44. The Morgan fingerprint density at radius 2 is 2.09 bits per heavy atom. The number of nitroso groups, excluding NO2 is 1. The molecule has 112 valence electrons. The number of benzene rings is 1. The molecular formula is C15H12N2O5. The summed E-state index contributed by atoms with van der Waals surface area (Å²) in [5.41, 5.74) is 1.19. The zero-order valence-corrected chi connectivity index (χ0v) is 11.7. The monoisotopic (exact) mass is 300 g/mol. The molecule has 1 aliphatic rings. The Labute approximate surface area is 125 Å². The van der Waals surface area contributed by atoms with E-state index in [0.29, 0.717) is 17.0 Å². The summed E-state index contributed by atoms with van der Waals surface area (Å²) in [6.45, 7) is 0.110. The van der Waals surface area contributed by atoms with Gasteiger partial charge in [0.25, 0.3) is 5.91 Å². The normalized spacial score (nSPS) is 16.5. The van der Waals surface area contributed by atoms with E-state index in [1.807, 2.05) is 0 Å². The SMILES string of the molecule is COC(=O)c1ccc(CN2C(=O)C(N=O)c3ccccc32)o1. The van der Waals surface area contributed by atoms with Crippen molar-refractivity contribution in [2.45, 2.75) is 12.6 Å². The molecule has 1 amide bonds. The molecule has 1 aromatic carbocycles. The maximum absolute atomic E-state index is 12.3. The molecule has 0 radical (unpaired) electrons. The number of fused-ring (bicyclic) bond motifs is 1. The van der Waals surface area contributed by atoms with Crippen LogP contribution >= 0.6 is 0 Å². The van der Waals surface area contributed by atoms with Gasteiger partial charge in [0.05, 0.1) is 19.3 Å². The van der Waals surface area contributed by atoms with Gasteiger partial charge >= 0.3 is 5.97 Å². The molecule has 1 aromatic heterocycles. The first-order valence-corrected chi connectivity index (χ1v) is 6.55. The van der Waals surface area contributed by atoms with Crippen LogP contribution in [-0.2, 0) is 16.1 Å². The minimum atomic E-state index is -1.04. The zero-order chi connectivity index (χ0) is 15.7. The van der Waals surface area contributed by atoms with Crippen LogP contribution in [-0.4, -0.2) is 19.0 Å². The van der Waals surface area contributed by atoms with Crippen LogP contribution in [0.4, 0.5) is 5.69 Å². The Morgan fingerprint density at radius 3 is 2.82 bits per heavy atom. The van der Waals surface area contributed by atoms with Crippen molar-refractivity contribution in [1.29, 1.82) is 0 Å². The van der Waals surface area contributed by atoms with Crippen LogP contribution in [0.2, 0.25) is 0 Å². The highest BCUT2D eigenvalue weighted by molar-refractivity contribution is 6.04. The molecule has 0 bridgehead atoms. The van der Waals surface area contributed by atoms with Crippen molar-refractivity contribution in [1.82, 2.24) is 0 Å². The standard InChI is InChI=1S/C15H12N2O5/c1-21-15(19)12-7-6-9(22-12)8-17-11-5-3-2-4-10(11)13(16-20)14(17)18/h2-7,13H,8H2,1H3. The molecule has 0 aliphatic carbocycles.